The van der Waals surface area contributed by atoms with Gasteiger partial charge in [-0.1, -0.05) is 29.8 Å². The van der Waals surface area contributed by atoms with Gasteiger partial charge in [0.1, 0.15) is 6.61 Å². The molecule has 0 aliphatic rings. The number of benzene rings is 2. The van der Waals surface area contributed by atoms with E-state index >= 15 is 0 Å². The van der Waals surface area contributed by atoms with E-state index in [9.17, 15) is 9.59 Å². The first-order valence-electron chi connectivity index (χ1n) is 9.87. The van der Waals surface area contributed by atoms with E-state index in [4.69, 9.17) is 4.74 Å². The van der Waals surface area contributed by atoms with Gasteiger partial charge in [-0.25, -0.2) is 9.78 Å². The molecule has 3 rings (SSSR count). The maximum absolute atomic E-state index is 12.6. The molecule has 31 heavy (non-hydrogen) atoms. The number of rotatable bonds is 9. The van der Waals surface area contributed by atoms with Crippen LogP contribution in [0.4, 0.5) is 10.8 Å². The van der Waals surface area contributed by atoms with Crippen LogP contribution in [0.2, 0.25) is 0 Å². The fourth-order valence-corrected chi connectivity index (χ4v) is 4.24. The molecular formula is C23H25N3O3S2. The molecule has 0 atom stereocenters. The van der Waals surface area contributed by atoms with Gasteiger partial charge < -0.3 is 15.4 Å². The normalized spacial score (nSPS) is 10.7. The number of aryl methyl sites for hydroxylation is 1. The molecule has 0 bridgehead atoms. The van der Waals surface area contributed by atoms with E-state index in [0.717, 1.165) is 10.8 Å². The summed E-state index contributed by atoms with van der Waals surface area (Å²) in [7, 11) is 0. The number of hydrogen-bond donors (Lipinski definition) is 2. The fourth-order valence-electron chi connectivity index (χ4n) is 2.68. The van der Waals surface area contributed by atoms with Crippen molar-refractivity contribution >= 4 is 45.8 Å². The van der Waals surface area contributed by atoms with Crippen LogP contribution in [0.25, 0.3) is 0 Å². The molecule has 162 valence electrons. The second kappa shape index (κ2) is 11.0. The highest BCUT2D eigenvalue weighted by Crippen LogP contribution is 2.25. The molecule has 3 aromatic rings. The van der Waals surface area contributed by atoms with Crippen molar-refractivity contribution in [2.24, 2.45) is 0 Å². The topological polar surface area (TPSA) is 80.3 Å². The molecule has 1 heterocycles. The molecule has 6 nitrogen and oxygen atoms in total. The summed E-state index contributed by atoms with van der Waals surface area (Å²) in [4.78, 5) is 29.7. The maximum atomic E-state index is 12.6. The monoisotopic (exact) mass is 455 g/mol. The van der Waals surface area contributed by atoms with Crippen molar-refractivity contribution in [2.45, 2.75) is 38.3 Å². The average Bonchev–Trinajstić information content (AvgIpc) is 3.19. The third kappa shape index (κ3) is 7.11. The van der Waals surface area contributed by atoms with Crippen LogP contribution in [0, 0.1) is 6.92 Å². The van der Waals surface area contributed by atoms with Gasteiger partial charge in [0.05, 0.1) is 17.0 Å². The Balaban J connectivity index is 1.56. The van der Waals surface area contributed by atoms with Crippen molar-refractivity contribution in [1.29, 1.82) is 0 Å². The Morgan fingerprint density at radius 3 is 2.61 bits per heavy atom. The van der Waals surface area contributed by atoms with Crippen molar-refractivity contribution in [3.8, 4) is 0 Å². The number of amides is 1. The summed E-state index contributed by atoms with van der Waals surface area (Å²) in [5.74, 6) is -0.268. The molecule has 0 aliphatic carbocycles. The highest BCUT2D eigenvalue weighted by atomic mass is 32.2. The van der Waals surface area contributed by atoms with Crippen LogP contribution in [0.15, 0.2) is 58.8 Å². The van der Waals surface area contributed by atoms with E-state index in [1.165, 1.54) is 28.7 Å². The summed E-state index contributed by atoms with van der Waals surface area (Å²) in [5.41, 5.74) is 3.26. The van der Waals surface area contributed by atoms with Crippen LogP contribution in [0.1, 0.15) is 35.5 Å². The zero-order valence-electron chi connectivity index (χ0n) is 17.7. The van der Waals surface area contributed by atoms with Crippen molar-refractivity contribution < 1.29 is 14.3 Å². The average molecular weight is 456 g/mol. The Bertz CT molecular complexity index is 1030. The summed E-state index contributed by atoms with van der Waals surface area (Å²) in [6.45, 7) is 5.94. The van der Waals surface area contributed by atoms with Gasteiger partial charge >= 0.3 is 5.97 Å². The highest BCUT2D eigenvalue weighted by Gasteiger charge is 2.15. The van der Waals surface area contributed by atoms with Crippen molar-refractivity contribution in [3.05, 3.63) is 70.7 Å². The number of aromatic nitrogens is 1. The first-order valence-corrected chi connectivity index (χ1v) is 11.7. The summed E-state index contributed by atoms with van der Waals surface area (Å²) in [6, 6.07) is 15.3. The van der Waals surface area contributed by atoms with Crippen molar-refractivity contribution in [2.75, 3.05) is 11.1 Å². The first-order chi connectivity index (χ1) is 14.9. The number of esters is 1. The fraction of sp³-hybridized carbons (Fsp3) is 0.261. The predicted octanol–water partition coefficient (Wildman–Crippen LogP) is 5.17. The van der Waals surface area contributed by atoms with Crippen molar-refractivity contribution in [3.63, 3.8) is 0 Å². The summed E-state index contributed by atoms with van der Waals surface area (Å²) in [6.07, 6.45) is 0. The Morgan fingerprint density at radius 1 is 1.13 bits per heavy atom. The summed E-state index contributed by atoms with van der Waals surface area (Å²) >= 11 is 2.77. The van der Waals surface area contributed by atoms with Gasteiger partial charge in [0, 0.05) is 22.0 Å². The van der Waals surface area contributed by atoms with Crippen molar-refractivity contribution in [1.82, 2.24) is 10.3 Å². The molecule has 0 unspecified atom stereocenters. The Kier molecular flexibility index (Phi) is 8.08. The smallest absolute Gasteiger partial charge is 0.339 e. The number of ether oxygens (including phenoxy) is 1. The summed E-state index contributed by atoms with van der Waals surface area (Å²) in [5, 5.41) is 8.69. The molecule has 0 radical (unpaired) electrons. The largest absolute Gasteiger partial charge is 0.456 e. The molecule has 2 N–H and O–H groups in total. The quantitative estimate of drug-likeness (QED) is 0.342. The molecule has 0 fully saturated rings. The Labute approximate surface area is 190 Å². The third-order valence-electron chi connectivity index (χ3n) is 4.12. The number of carbonyl (C=O) groups excluding carboxylic acids is 2. The van der Waals surface area contributed by atoms with Gasteiger partial charge in [-0.3, -0.25) is 4.79 Å². The van der Waals surface area contributed by atoms with Gasteiger partial charge in [0.25, 0.3) is 0 Å². The minimum Gasteiger partial charge on any atom is -0.456 e. The van der Waals surface area contributed by atoms with Crippen LogP contribution >= 0.6 is 23.1 Å². The minimum atomic E-state index is -0.437. The second-order valence-electron chi connectivity index (χ2n) is 7.22. The first kappa shape index (κ1) is 22.8. The van der Waals surface area contributed by atoms with E-state index in [1.807, 2.05) is 62.5 Å². The molecule has 0 saturated carbocycles. The van der Waals surface area contributed by atoms with Gasteiger partial charge in [-0.2, -0.15) is 0 Å². The minimum absolute atomic E-state index is 0.0701. The molecule has 2 aromatic carbocycles. The molecule has 1 aromatic heterocycles. The molecule has 1 amide bonds. The molecular weight excluding hydrogens is 430 g/mol. The molecule has 0 saturated heterocycles. The number of thiazole rings is 1. The maximum Gasteiger partial charge on any atom is 0.339 e. The third-order valence-corrected chi connectivity index (χ3v) is 6.00. The summed E-state index contributed by atoms with van der Waals surface area (Å²) < 4.78 is 5.47. The lowest BCUT2D eigenvalue weighted by Gasteiger charge is -2.10. The van der Waals surface area contributed by atoms with Crippen LogP contribution < -0.4 is 10.6 Å². The zero-order chi connectivity index (χ0) is 22.2. The van der Waals surface area contributed by atoms with Gasteiger partial charge in [-0.05, 0) is 45.0 Å². The van der Waals surface area contributed by atoms with E-state index in [0.29, 0.717) is 16.2 Å². The van der Waals surface area contributed by atoms with E-state index in [2.05, 4.69) is 15.6 Å². The zero-order valence-corrected chi connectivity index (χ0v) is 19.3. The molecule has 8 heteroatoms. The van der Waals surface area contributed by atoms with Crippen LogP contribution in [0.3, 0.4) is 0 Å². The highest BCUT2D eigenvalue weighted by molar-refractivity contribution is 8.00. The van der Waals surface area contributed by atoms with Crippen LogP contribution in [0.5, 0.6) is 0 Å². The van der Waals surface area contributed by atoms with Gasteiger partial charge in [0.2, 0.25) is 5.91 Å². The Hall–Kier alpha value is -2.84. The number of nitrogens with zero attached hydrogens (tertiary/aromatic N) is 1. The lowest BCUT2D eigenvalue weighted by atomic mass is 10.2. The number of hydrogen-bond acceptors (Lipinski definition) is 7. The van der Waals surface area contributed by atoms with Crippen LogP contribution in [-0.2, 0) is 16.1 Å². The van der Waals surface area contributed by atoms with Gasteiger partial charge in [-0.15, -0.1) is 23.1 Å². The Morgan fingerprint density at radius 2 is 1.87 bits per heavy atom. The van der Waals surface area contributed by atoms with Crippen LogP contribution in [-0.4, -0.2) is 28.7 Å². The van der Waals surface area contributed by atoms with Gasteiger partial charge in [0.15, 0.2) is 5.13 Å². The van der Waals surface area contributed by atoms with E-state index < -0.39 is 5.97 Å². The molecule has 0 aliphatic heterocycles. The predicted molar refractivity (Wildman–Crippen MR) is 126 cm³/mol. The van der Waals surface area contributed by atoms with E-state index in [1.54, 1.807) is 12.1 Å². The standard InChI is InChI=1S/C23H25N3O3S2/c1-15(2)24-21(27)14-30-20-7-5-4-6-19(20)22(28)29-12-18-13-31-23(26-18)25-17-10-8-16(3)9-11-17/h4-11,13,15H,12,14H2,1-3H3,(H,24,27)(H,25,26). The second-order valence-corrected chi connectivity index (χ2v) is 9.09. The number of thioether (sulfide) groups is 1. The number of carbonyl (C=O) groups is 2. The SMILES string of the molecule is Cc1ccc(Nc2nc(COC(=O)c3ccccc3SCC(=O)NC(C)C)cs2)cc1. The number of nitrogens with one attached hydrogen (secondary N) is 2. The molecule has 0 spiro atoms. The lowest BCUT2D eigenvalue weighted by molar-refractivity contribution is -0.119. The van der Waals surface area contributed by atoms with E-state index in [-0.39, 0.29) is 24.3 Å². The number of anilines is 2. The lowest BCUT2D eigenvalue weighted by Crippen LogP contribution is -2.31.